The van der Waals surface area contributed by atoms with Crippen LogP contribution in [0.5, 0.6) is 0 Å². The monoisotopic (exact) mass is 357 g/mol. The lowest BCUT2D eigenvalue weighted by molar-refractivity contribution is -0.154. The average molecular weight is 357 g/mol. The summed E-state index contributed by atoms with van der Waals surface area (Å²) in [5.41, 5.74) is 1.53. The number of hydrogen-bond acceptors (Lipinski definition) is 5. The topological polar surface area (TPSA) is 81.7 Å². The summed E-state index contributed by atoms with van der Waals surface area (Å²) in [5, 5.41) is 2.81. The number of carbonyl (C=O) groups is 2. The molecule has 2 bridgehead atoms. The van der Waals surface area contributed by atoms with Crippen LogP contribution in [0.25, 0.3) is 0 Å². The van der Waals surface area contributed by atoms with Gasteiger partial charge in [0.05, 0.1) is 18.6 Å². The van der Waals surface area contributed by atoms with Crippen molar-refractivity contribution in [2.24, 2.45) is 17.8 Å². The van der Waals surface area contributed by atoms with Crippen LogP contribution in [0, 0.1) is 17.8 Å². The summed E-state index contributed by atoms with van der Waals surface area (Å²) in [5.74, 6) is 1.05. The predicted octanol–water partition coefficient (Wildman–Crippen LogP) is 2.65. The van der Waals surface area contributed by atoms with Crippen LogP contribution >= 0.6 is 0 Å². The predicted molar refractivity (Wildman–Crippen MR) is 93.7 cm³/mol. The molecule has 4 rings (SSSR count). The molecule has 0 heterocycles. The van der Waals surface area contributed by atoms with E-state index in [1.165, 1.54) is 0 Å². The molecule has 3 aliphatic carbocycles. The Bertz CT molecular complexity index is 710. The maximum Gasteiger partial charge on any atom is 0.407 e. The Labute approximate surface area is 152 Å². The van der Waals surface area contributed by atoms with Crippen LogP contribution in [0.1, 0.15) is 31.7 Å². The third kappa shape index (κ3) is 3.81. The molecule has 1 N–H and O–H groups in total. The molecule has 3 saturated carbocycles. The van der Waals surface area contributed by atoms with Crippen molar-refractivity contribution in [3.8, 4) is 0 Å². The highest BCUT2D eigenvalue weighted by atomic mass is 16.5. The van der Waals surface area contributed by atoms with E-state index in [9.17, 15) is 14.4 Å². The van der Waals surface area contributed by atoms with Crippen LogP contribution in [0.2, 0.25) is 0 Å². The van der Waals surface area contributed by atoms with Gasteiger partial charge in [0.15, 0.2) is 0 Å². The second-order valence-electron chi connectivity index (χ2n) is 6.79. The zero-order valence-electron chi connectivity index (χ0n) is 14.8. The van der Waals surface area contributed by atoms with Gasteiger partial charge in [-0.3, -0.25) is 4.79 Å². The summed E-state index contributed by atoms with van der Waals surface area (Å²) in [6.07, 6.45) is 1.56. The number of esters is 1. The Morgan fingerprint density at radius 1 is 1.19 bits per heavy atom. The molecular formula is C20H23NO5. The molecule has 3 fully saturated rings. The van der Waals surface area contributed by atoms with Gasteiger partial charge in [-0.1, -0.05) is 30.3 Å². The van der Waals surface area contributed by atoms with Crippen LogP contribution in [0.4, 0.5) is 4.79 Å². The van der Waals surface area contributed by atoms with Gasteiger partial charge >= 0.3 is 12.1 Å². The SMILES string of the molecule is CCOC(=O)[C@@H]1[C@@H]2CC[C@H](C(=C=O)C2)[C@H]1NC(=O)OCc1ccccc1. The van der Waals surface area contributed by atoms with E-state index in [-0.39, 0.29) is 31.0 Å². The lowest BCUT2D eigenvalue weighted by Gasteiger charge is -2.47. The molecule has 0 radical (unpaired) electrons. The van der Waals surface area contributed by atoms with Crippen molar-refractivity contribution in [3.05, 3.63) is 41.5 Å². The molecule has 3 aliphatic rings. The van der Waals surface area contributed by atoms with Crippen LogP contribution in [0.15, 0.2) is 35.9 Å². The highest BCUT2D eigenvalue weighted by Crippen LogP contribution is 2.47. The van der Waals surface area contributed by atoms with Crippen molar-refractivity contribution in [3.63, 3.8) is 0 Å². The second-order valence-corrected chi connectivity index (χ2v) is 6.79. The molecule has 138 valence electrons. The highest BCUT2D eigenvalue weighted by molar-refractivity contribution is 5.77. The third-order valence-corrected chi connectivity index (χ3v) is 5.29. The van der Waals surface area contributed by atoms with Gasteiger partial charge < -0.3 is 14.8 Å². The van der Waals surface area contributed by atoms with E-state index in [0.717, 1.165) is 18.4 Å². The zero-order valence-corrected chi connectivity index (χ0v) is 14.8. The van der Waals surface area contributed by atoms with Gasteiger partial charge in [-0.15, -0.1) is 0 Å². The minimum Gasteiger partial charge on any atom is -0.466 e. The Morgan fingerprint density at radius 3 is 2.65 bits per heavy atom. The maximum atomic E-state index is 12.4. The van der Waals surface area contributed by atoms with Crippen molar-refractivity contribution in [1.82, 2.24) is 5.32 Å². The summed E-state index contributed by atoms with van der Waals surface area (Å²) >= 11 is 0. The fourth-order valence-electron chi connectivity index (χ4n) is 4.14. The van der Waals surface area contributed by atoms with Gasteiger partial charge in [0, 0.05) is 11.5 Å². The number of benzene rings is 1. The molecule has 4 atom stereocenters. The van der Waals surface area contributed by atoms with Gasteiger partial charge in [0.2, 0.25) is 0 Å². The third-order valence-electron chi connectivity index (χ3n) is 5.29. The quantitative estimate of drug-likeness (QED) is 0.647. The van der Waals surface area contributed by atoms with Crippen LogP contribution in [-0.2, 0) is 25.7 Å². The first kappa shape index (κ1) is 18.2. The van der Waals surface area contributed by atoms with Gasteiger partial charge in [-0.2, -0.15) is 0 Å². The molecule has 1 aromatic rings. The second kappa shape index (κ2) is 8.19. The van der Waals surface area contributed by atoms with E-state index in [1.807, 2.05) is 36.3 Å². The van der Waals surface area contributed by atoms with E-state index in [0.29, 0.717) is 12.0 Å². The van der Waals surface area contributed by atoms with E-state index >= 15 is 0 Å². The van der Waals surface area contributed by atoms with Gasteiger partial charge in [0.25, 0.3) is 0 Å². The molecule has 6 heteroatoms. The molecular weight excluding hydrogens is 334 g/mol. The number of carbonyl (C=O) groups excluding carboxylic acids is 3. The van der Waals surface area contributed by atoms with Crippen molar-refractivity contribution in [2.75, 3.05) is 6.61 Å². The van der Waals surface area contributed by atoms with Crippen molar-refractivity contribution >= 4 is 18.0 Å². The smallest absolute Gasteiger partial charge is 0.407 e. The number of hydrogen-bond donors (Lipinski definition) is 1. The molecule has 0 aliphatic heterocycles. The lowest BCUT2D eigenvalue weighted by Crippen LogP contribution is -2.57. The fourth-order valence-corrected chi connectivity index (χ4v) is 4.14. The lowest BCUT2D eigenvalue weighted by atomic mass is 9.60. The molecule has 0 spiro atoms. The first-order valence-electron chi connectivity index (χ1n) is 9.01. The highest BCUT2D eigenvalue weighted by Gasteiger charge is 2.51. The largest absolute Gasteiger partial charge is 0.466 e. The number of amides is 1. The van der Waals surface area contributed by atoms with Crippen molar-refractivity contribution in [1.29, 1.82) is 0 Å². The average Bonchev–Trinajstić information content (AvgIpc) is 2.67. The van der Waals surface area contributed by atoms with Gasteiger partial charge in [-0.05, 0) is 37.7 Å². The molecule has 0 unspecified atom stereocenters. The fraction of sp³-hybridized carbons (Fsp3) is 0.500. The minimum atomic E-state index is -0.592. The molecule has 1 aromatic carbocycles. The molecule has 0 saturated heterocycles. The molecule has 6 nitrogen and oxygen atoms in total. The zero-order chi connectivity index (χ0) is 18.5. The van der Waals surface area contributed by atoms with E-state index < -0.39 is 18.1 Å². The molecule has 26 heavy (non-hydrogen) atoms. The summed E-state index contributed by atoms with van der Waals surface area (Å²) in [7, 11) is 0. The Hall–Kier alpha value is -2.59. The summed E-state index contributed by atoms with van der Waals surface area (Å²) < 4.78 is 10.5. The standard InChI is InChI=1S/C20H23NO5/c1-2-25-19(23)17-14-8-9-16(15(10-14)11-22)18(17)21-20(24)26-12-13-6-4-3-5-7-13/h3-7,14,16-18H,2,8-10,12H2,1H3,(H,21,24)/t14-,16-,17-,18-/m1/s1. The summed E-state index contributed by atoms with van der Waals surface area (Å²) in [6.45, 7) is 2.19. The van der Waals surface area contributed by atoms with E-state index in [1.54, 1.807) is 6.92 Å². The summed E-state index contributed by atoms with van der Waals surface area (Å²) in [6, 6.07) is 8.87. The van der Waals surface area contributed by atoms with Crippen LogP contribution in [-0.4, -0.2) is 30.7 Å². The van der Waals surface area contributed by atoms with Gasteiger partial charge in [-0.25, -0.2) is 9.59 Å². The normalized spacial score (nSPS) is 26.7. The number of ether oxygens (including phenoxy) is 2. The van der Waals surface area contributed by atoms with E-state index in [2.05, 4.69) is 5.32 Å². The van der Waals surface area contributed by atoms with Crippen LogP contribution in [0.3, 0.4) is 0 Å². The van der Waals surface area contributed by atoms with Gasteiger partial charge in [0.1, 0.15) is 12.5 Å². The number of nitrogens with one attached hydrogen (secondary N) is 1. The van der Waals surface area contributed by atoms with Crippen molar-refractivity contribution < 1.29 is 23.9 Å². The first-order chi connectivity index (χ1) is 12.6. The number of rotatable bonds is 5. The molecule has 1 amide bonds. The van der Waals surface area contributed by atoms with Crippen LogP contribution < -0.4 is 5.32 Å². The first-order valence-corrected chi connectivity index (χ1v) is 9.01. The Morgan fingerprint density at radius 2 is 1.96 bits per heavy atom. The van der Waals surface area contributed by atoms with E-state index in [4.69, 9.17) is 9.47 Å². The Kier molecular flexibility index (Phi) is 5.74. The minimum absolute atomic E-state index is 0.00470. The summed E-state index contributed by atoms with van der Waals surface area (Å²) in [4.78, 5) is 36.0. The molecule has 0 aromatic heterocycles. The Balaban J connectivity index is 1.70. The number of alkyl carbamates (subject to hydrolysis) is 1. The number of fused-ring (bicyclic) bond motifs is 3. The maximum absolute atomic E-state index is 12.4. The van der Waals surface area contributed by atoms with Crippen molar-refractivity contribution in [2.45, 2.75) is 38.8 Å².